The molecular weight excluding hydrogens is 441 g/mol. The molecular formula is C26H29F3N4O. The summed E-state index contributed by atoms with van der Waals surface area (Å²) in [4.78, 5) is 18.5. The summed E-state index contributed by atoms with van der Waals surface area (Å²) in [5.74, 6) is 0.131. The fourth-order valence-electron chi connectivity index (χ4n) is 4.66. The van der Waals surface area contributed by atoms with Gasteiger partial charge in [0.25, 0.3) is 5.91 Å². The Morgan fingerprint density at radius 2 is 1.82 bits per heavy atom. The number of hydrogen-bond acceptors (Lipinski definition) is 4. The molecule has 1 fully saturated rings. The average molecular weight is 471 g/mol. The second-order valence-electron chi connectivity index (χ2n) is 9.07. The summed E-state index contributed by atoms with van der Waals surface area (Å²) in [5, 5.41) is 7.08. The van der Waals surface area contributed by atoms with Crippen molar-refractivity contribution in [3.05, 3.63) is 65.9 Å². The lowest BCUT2D eigenvalue weighted by Crippen LogP contribution is -2.35. The van der Waals surface area contributed by atoms with E-state index in [9.17, 15) is 18.0 Å². The van der Waals surface area contributed by atoms with Crippen LogP contribution in [0.5, 0.6) is 0 Å². The number of nitrogens with zero attached hydrogens (tertiary/aromatic N) is 2. The van der Waals surface area contributed by atoms with Crippen LogP contribution in [0.4, 0.5) is 24.5 Å². The van der Waals surface area contributed by atoms with E-state index in [0.717, 1.165) is 37.4 Å². The molecule has 0 spiro atoms. The molecule has 2 atom stereocenters. The number of alkyl halides is 3. The van der Waals surface area contributed by atoms with Gasteiger partial charge < -0.3 is 15.5 Å². The Labute approximate surface area is 197 Å². The predicted octanol–water partition coefficient (Wildman–Crippen LogP) is 5.72. The van der Waals surface area contributed by atoms with Gasteiger partial charge in [0.1, 0.15) is 5.69 Å². The molecule has 8 heteroatoms. The van der Waals surface area contributed by atoms with E-state index in [-0.39, 0.29) is 17.9 Å². The van der Waals surface area contributed by atoms with Crippen molar-refractivity contribution < 1.29 is 18.0 Å². The number of nitrogens with one attached hydrogen (secondary N) is 2. The first-order valence-electron chi connectivity index (χ1n) is 11.5. The van der Waals surface area contributed by atoms with Crippen LogP contribution in [0.3, 0.4) is 0 Å². The predicted molar refractivity (Wildman–Crippen MR) is 129 cm³/mol. The van der Waals surface area contributed by atoms with Gasteiger partial charge in [-0.3, -0.25) is 4.79 Å². The van der Waals surface area contributed by atoms with E-state index < -0.39 is 11.9 Å². The van der Waals surface area contributed by atoms with E-state index in [1.807, 2.05) is 43.3 Å². The van der Waals surface area contributed by atoms with Crippen LogP contribution in [0.25, 0.3) is 10.9 Å². The Morgan fingerprint density at radius 1 is 1.09 bits per heavy atom. The minimum Gasteiger partial charge on any atom is -0.382 e. The van der Waals surface area contributed by atoms with Gasteiger partial charge in [-0.05, 0) is 49.4 Å². The van der Waals surface area contributed by atoms with E-state index in [2.05, 4.69) is 15.6 Å². The molecule has 0 radical (unpaired) electrons. The van der Waals surface area contributed by atoms with Crippen molar-refractivity contribution in [2.24, 2.45) is 5.92 Å². The van der Waals surface area contributed by atoms with Crippen molar-refractivity contribution >= 4 is 28.2 Å². The number of fused-ring (bicyclic) bond motifs is 1. The Kier molecular flexibility index (Phi) is 6.95. The number of halogens is 3. The first-order valence-corrected chi connectivity index (χ1v) is 11.5. The van der Waals surface area contributed by atoms with Gasteiger partial charge in [-0.1, -0.05) is 36.8 Å². The molecule has 3 aromatic rings. The molecule has 34 heavy (non-hydrogen) atoms. The Bertz CT molecular complexity index is 1160. The van der Waals surface area contributed by atoms with Crippen LogP contribution >= 0.6 is 0 Å². The smallest absolute Gasteiger partial charge is 0.382 e. The summed E-state index contributed by atoms with van der Waals surface area (Å²) in [6.07, 6.45) is -0.956. The van der Waals surface area contributed by atoms with Gasteiger partial charge in [0.15, 0.2) is 0 Å². The molecule has 1 saturated carbocycles. The molecule has 1 aliphatic carbocycles. The molecule has 0 saturated heterocycles. The molecule has 5 nitrogen and oxygen atoms in total. The standard InChI is InChI=1S/C26H29F3N4O/c1-33(2)23-13-6-4-11-20(23)25(34)30-16-17-8-7-9-18(14-17)31-22-15-24(26(27,28)29)32-21-12-5-3-10-19(21)22/h3-6,10-13,15,17-18H,7-9,14,16H2,1-2H3,(H,30,34)(H,31,32)/t17?,18-/m0/s1. The molecule has 2 aromatic carbocycles. The lowest BCUT2D eigenvalue weighted by atomic mass is 9.85. The summed E-state index contributed by atoms with van der Waals surface area (Å²) in [5.41, 5.74) is 1.36. The van der Waals surface area contributed by atoms with Crippen LogP contribution in [0.2, 0.25) is 0 Å². The van der Waals surface area contributed by atoms with Gasteiger partial charge in [0.05, 0.1) is 11.1 Å². The molecule has 1 unspecified atom stereocenters. The molecule has 1 heterocycles. The average Bonchev–Trinajstić information content (AvgIpc) is 2.82. The maximum atomic E-state index is 13.4. The van der Waals surface area contributed by atoms with E-state index in [4.69, 9.17) is 0 Å². The van der Waals surface area contributed by atoms with Crippen LogP contribution in [0, 0.1) is 5.92 Å². The fourth-order valence-corrected chi connectivity index (χ4v) is 4.66. The number of aromatic nitrogens is 1. The monoisotopic (exact) mass is 470 g/mol. The van der Waals surface area contributed by atoms with E-state index in [1.54, 1.807) is 24.3 Å². The highest BCUT2D eigenvalue weighted by Gasteiger charge is 2.34. The SMILES string of the molecule is CN(C)c1ccccc1C(=O)NCC1CCC[C@H](Nc2cc(C(F)(F)F)nc3ccccc23)C1. The summed E-state index contributed by atoms with van der Waals surface area (Å²) >= 11 is 0. The fraction of sp³-hybridized carbons (Fsp3) is 0.385. The van der Waals surface area contributed by atoms with Gasteiger partial charge in [-0.2, -0.15) is 13.2 Å². The highest BCUT2D eigenvalue weighted by Crippen LogP contribution is 2.35. The molecule has 1 aliphatic rings. The zero-order chi connectivity index (χ0) is 24.3. The molecule has 1 amide bonds. The van der Waals surface area contributed by atoms with Crippen molar-refractivity contribution in [3.63, 3.8) is 0 Å². The van der Waals surface area contributed by atoms with Crippen LogP contribution in [0.15, 0.2) is 54.6 Å². The van der Waals surface area contributed by atoms with E-state index >= 15 is 0 Å². The second kappa shape index (κ2) is 9.91. The number of amides is 1. The number of anilines is 2. The number of para-hydroxylation sites is 2. The van der Waals surface area contributed by atoms with Gasteiger partial charge >= 0.3 is 6.18 Å². The molecule has 1 aromatic heterocycles. The topological polar surface area (TPSA) is 57.3 Å². The third-order valence-corrected chi connectivity index (χ3v) is 6.33. The summed E-state index contributed by atoms with van der Waals surface area (Å²) in [6.45, 7) is 0.531. The largest absolute Gasteiger partial charge is 0.433 e. The third kappa shape index (κ3) is 5.43. The lowest BCUT2D eigenvalue weighted by Gasteiger charge is -2.31. The zero-order valence-corrected chi connectivity index (χ0v) is 19.3. The van der Waals surface area contributed by atoms with Crippen LogP contribution < -0.4 is 15.5 Å². The zero-order valence-electron chi connectivity index (χ0n) is 19.3. The number of hydrogen-bond donors (Lipinski definition) is 2. The number of benzene rings is 2. The maximum Gasteiger partial charge on any atom is 0.433 e. The summed E-state index contributed by atoms with van der Waals surface area (Å²) in [7, 11) is 3.80. The van der Waals surface area contributed by atoms with Crippen LogP contribution in [-0.2, 0) is 6.18 Å². The third-order valence-electron chi connectivity index (χ3n) is 6.33. The lowest BCUT2D eigenvalue weighted by molar-refractivity contribution is -0.140. The van der Waals surface area contributed by atoms with Crippen molar-refractivity contribution in [1.82, 2.24) is 10.3 Å². The number of carbonyl (C=O) groups excluding carboxylic acids is 1. The normalized spacial score (nSPS) is 18.5. The highest BCUT2D eigenvalue weighted by molar-refractivity contribution is 5.99. The van der Waals surface area contributed by atoms with E-state index in [0.29, 0.717) is 28.7 Å². The molecule has 180 valence electrons. The van der Waals surface area contributed by atoms with Crippen LogP contribution in [0.1, 0.15) is 41.7 Å². The Hall–Kier alpha value is -3.29. The van der Waals surface area contributed by atoms with Crippen LogP contribution in [-0.4, -0.2) is 37.6 Å². The summed E-state index contributed by atoms with van der Waals surface area (Å²) < 4.78 is 40.2. The quantitative estimate of drug-likeness (QED) is 0.484. The minimum absolute atomic E-state index is 0.0246. The molecule has 0 bridgehead atoms. The van der Waals surface area contributed by atoms with Crippen molar-refractivity contribution in [1.29, 1.82) is 0 Å². The summed E-state index contributed by atoms with van der Waals surface area (Å²) in [6, 6.07) is 15.5. The first-order chi connectivity index (χ1) is 16.2. The maximum absolute atomic E-state index is 13.4. The van der Waals surface area contributed by atoms with Crippen molar-refractivity contribution in [2.75, 3.05) is 30.9 Å². The van der Waals surface area contributed by atoms with Gasteiger partial charge in [-0.15, -0.1) is 0 Å². The second-order valence-corrected chi connectivity index (χ2v) is 9.07. The molecule has 4 rings (SSSR count). The van der Waals surface area contributed by atoms with Crippen molar-refractivity contribution in [2.45, 2.75) is 37.9 Å². The highest BCUT2D eigenvalue weighted by atomic mass is 19.4. The number of carbonyl (C=O) groups is 1. The molecule has 0 aliphatic heterocycles. The van der Waals surface area contributed by atoms with Gasteiger partial charge in [0.2, 0.25) is 0 Å². The minimum atomic E-state index is -4.51. The number of rotatable bonds is 6. The Morgan fingerprint density at radius 3 is 2.59 bits per heavy atom. The first kappa shape index (κ1) is 23.9. The van der Waals surface area contributed by atoms with Gasteiger partial charge in [-0.25, -0.2) is 4.98 Å². The molecule has 2 N–H and O–H groups in total. The number of pyridine rings is 1. The van der Waals surface area contributed by atoms with Gasteiger partial charge in [0, 0.05) is 43.4 Å². The Balaban J connectivity index is 1.44. The van der Waals surface area contributed by atoms with Crippen molar-refractivity contribution in [3.8, 4) is 0 Å². The van der Waals surface area contributed by atoms with E-state index in [1.165, 1.54) is 0 Å².